The van der Waals surface area contributed by atoms with E-state index in [4.69, 9.17) is 0 Å². The van der Waals surface area contributed by atoms with Crippen molar-refractivity contribution in [2.75, 3.05) is 26.0 Å². The second-order valence-electron chi connectivity index (χ2n) is 4.43. The lowest BCUT2D eigenvalue weighted by molar-refractivity contribution is 0.172. The lowest BCUT2D eigenvalue weighted by atomic mass is 9.96. The van der Waals surface area contributed by atoms with E-state index in [0.29, 0.717) is 5.54 Å². The number of hydrogen-bond donors (Lipinski definition) is 1. The molecule has 1 N–H and O–H groups in total. The molecule has 5 heteroatoms. The van der Waals surface area contributed by atoms with Gasteiger partial charge in [-0.25, -0.2) is 4.98 Å². The molecule has 0 saturated heterocycles. The Labute approximate surface area is 94.9 Å². The van der Waals surface area contributed by atoms with Gasteiger partial charge in [-0.15, -0.1) is 0 Å². The zero-order valence-corrected chi connectivity index (χ0v) is 10.2. The number of rotatable bonds is 4. The number of likely N-dealkylation sites (N-methyl/N-ethyl adjacent to an activating group) is 1. The van der Waals surface area contributed by atoms with Crippen LogP contribution in [0.25, 0.3) is 0 Å². The highest BCUT2D eigenvalue weighted by Crippen LogP contribution is 2.33. The molecule has 0 radical (unpaired) electrons. The van der Waals surface area contributed by atoms with Crippen LogP contribution in [-0.4, -0.2) is 40.4 Å². The van der Waals surface area contributed by atoms with Gasteiger partial charge in [-0.05, 0) is 26.9 Å². The van der Waals surface area contributed by atoms with Crippen LogP contribution in [0.5, 0.6) is 0 Å². The molecule has 0 bridgehead atoms. The third kappa shape index (κ3) is 2.29. The summed E-state index contributed by atoms with van der Waals surface area (Å²) in [6.45, 7) is 0.981. The van der Waals surface area contributed by atoms with E-state index < -0.39 is 0 Å². The van der Waals surface area contributed by atoms with Crippen molar-refractivity contribution < 1.29 is 0 Å². The van der Waals surface area contributed by atoms with Gasteiger partial charge in [0.15, 0.2) is 0 Å². The van der Waals surface area contributed by atoms with Crippen LogP contribution in [0.3, 0.4) is 0 Å². The van der Waals surface area contributed by atoms with Crippen molar-refractivity contribution in [2.45, 2.75) is 31.2 Å². The summed E-state index contributed by atoms with van der Waals surface area (Å²) in [6.07, 6.45) is 6.85. The summed E-state index contributed by atoms with van der Waals surface area (Å²) < 4.78 is 3.99. The normalized spacial score (nSPS) is 19.7. The van der Waals surface area contributed by atoms with Crippen LogP contribution in [-0.2, 0) is 0 Å². The van der Waals surface area contributed by atoms with Gasteiger partial charge in [0.2, 0.25) is 5.13 Å². The fourth-order valence-electron chi connectivity index (χ4n) is 2.31. The summed E-state index contributed by atoms with van der Waals surface area (Å²) in [7, 11) is 4.35. The SMILES string of the molecule is CN(C)C1(CNc2ncns2)CCCC1. The molecule has 4 nitrogen and oxygen atoms in total. The van der Waals surface area contributed by atoms with Gasteiger partial charge in [-0.3, -0.25) is 0 Å². The lowest BCUT2D eigenvalue weighted by Gasteiger charge is -2.36. The monoisotopic (exact) mass is 226 g/mol. The first-order valence-corrected chi connectivity index (χ1v) is 6.18. The number of aromatic nitrogens is 2. The quantitative estimate of drug-likeness (QED) is 0.850. The zero-order chi connectivity index (χ0) is 10.7. The summed E-state index contributed by atoms with van der Waals surface area (Å²) in [5.74, 6) is 0. The molecule has 84 valence electrons. The standard InChI is InChI=1S/C10H18N4S/c1-14(2)10(5-3-4-6-10)7-11-9-12-8-13-15-9/h8H,3-7H2,1-2H3,(H,11,12,13). The Bertz CT molecular complexity index is 290. The fourth-order valence-corrected chi connectivity index (χ4v) is 2.73. The highest BCUT2D eigenvalue weighted by atomic mass is 32.1. The van der Waals surface area contributed by atoms with E-state index in [1.54, 1.807) is 6.33 Å². The molecule has 1 heterocycles. The fraction of sp³-hybridized carbons (Fsp3) is 0.800. The summed E-state index contributed by atoms with van der Waals surface area (Å²) in [5, 5.41) is 4.33. The highest BCUT2D eigenvalue weighted by molar-refractivity contribution is 7.09. The van der Waals surface area contributed by atoms with E-state index in [0.717, 1.165) is 11.7 Å². The van der Waals surface area contributed by atoms with Crippen LogP contribution in [0.1, 0.15) is 25.7 Å². The minimum atomic E-state index is 0.325. The Kier molecular flexibility index (Phi) is 3.21. The average Bonchev–Trinajstić information content (AvgIpc) is 2.87. The summed E-state index contributed by atoms with van der Waals surface area (Å²) >= 11 is 1.43. The van der Waals surface area contributed by atoms with Crippen LogP contribution in [0, 0.1) is 0 Å². The van der Waals surface area contributed by atoms with Crippen molar-refractivity contribution in [3.63, 3.8) is 0 Å². The van der Waals surface area contributed by atoms with E-state index in [2.05, 4.69) is 33.7 Å². The Balaban J connectivity index is 1.96. The minimum absolute atomic E-state index is 0.325. The molecule has 1 aliphatic rings. The molecule has 0 aliphatic heterocycles. The van der Waals surface area contributed by atoms with E-state index in [1.807, 2.05) is 0 Å². The maximum atomic E-state index is 4.15. The molecule has 0 aromatic carbocycles. The van der Waals surface area contributed by atoms with Crippen LogP contribution in [0.15, 0.2) is 6.33 Å². The number of nitrogens with one attached hydrogen (secondary N) is 1. The molecular weight excluding hydrogens is 208 g/mol. The van der Waals surface area contributed by atoms with Crippen molar-refractivity contribution >= 4 is 16.7 Å². The Hall–Kier alpha value is -0.680. The molecule has 0 spiro atoms. The van der Waals surface area contributed by atoms with E-state index in [1.165, 1.54) is 37.2 Å². The number of anilines is 1. The van der Waals surface area contributed by atoms with Crippen LogP contribution < -0.4 is 5.32 Å². The third-order valence-corrected chi connectivity index (χ3v) is 4.04. The molecule has 0 unspecified atom stereocenters. The maximum Gasteiger partial charge on any atom is 0.202 e. The van der Waals surface area contributed by atoms with Crippen LogP contribution in [0.2, 0.25) is 0 Å². The van der Waals surface area contributed by atoms with Crippen molar-refractivity contribution in [1.29, 1.82) is 0 Å². The average molecular weight is 226 g/mol. The van der Waals surface area contributed by atoms with Gasteiger partial charge < -0.3 is 10.2 Å². The number of hydrogen-bond acceptors (Lipinski definition) is 5. The predicted molar refractivity (Wildman–Crippen MR) is 63.3 cm³/mol. The Morgan fingerprint density at radius 1 is 1.47 bits per heavy atom. The van der Waals surface area contributed by atoms with Crippen molar-refractivity contribution in [1.82, 2.24) is 14.3 Å². The molecule has 1 aliphatic carbocycles. The molecule has 2 rings (SSSR count). The number of nitrogens with zero attached hydrogens (tertiary/aromatic N) is 3. The van der Waals surface area contributed by atoms with Crippen LogP contribution in [0.4, 0.5) is 5.13 Å². The van der Waals surface area contributed by atoms with Gasteiger partial charge in [0.05, 0.1) is 0 Å². The van der Waals surface area contributed by atoms with E-state index in [-0.39, 0.29) is 0 Å². The summed E-state index contributed by atoms with van der Waals surface area (Å²) in [6, 6.07) is 0. The zero-order valence-electron chi connectivity index (χ0n) is 9.36. The maximum absolute atomic E-state index is 4.15. The topological polar surface area (TPSA) is 41.0 Å². The first kappa shape index (κ1) is 10.8. The predicted octanol–water partition coefficient (Wildman–Crippen LogP) is 1.82. The van der Waals surface area contributed by atoms with Gasteiger partial charge in [0, 0.05) is 23.6 Å². The van der Waals surface area contributed by atoms with Crippen molar-refractivity contribution in [3.05, 3.63) is 6.33 Å². The highest BCUT2D eigenvalue weighted by Gasteiger charge is 2.35. The second-order valence-corrected chi connectivity index (χ2v) is 5.21. The lowest BCUT2D eigenvalue weighted by Crippen LogP contribution is -2.47. The third-order valence-electron chi connectivity index (χ3n) is 3.41. The Morgan fingerprint density at radius 3 is 2.73 bits per heavy atom. The summed E-state index contributed by atoms with van der Waals surface area (Å²) in [5.41, 5.74) is 0.325. The summed E-state index contributed by atoms with van der Waals surface area (Å²) in [4.78, 5) is 6.50. The Morgan fingerprint density at radius 2 is 2.20 bits per heavy atom. The molecule has 0 amide bonds. The van der Waals surface area contributed by atoms with Gasteiger partial charge in [0.1, 0.15) is 6.33 Å². The van der Waals surface area contributed by atoms with Crippen molar-refractivity contribution in [2.24, 2.45) is 0 Å². The second kappa shape index (κ2) is 4.45. The largest absolute Gasteiger partial charge is 0.358 e. The first-order valence-electron chi connectivity index (χ1n) is 5.41. The molecular formula is C10H18N4S. The molecule has 1 saturated carbocycles. The molecule has 0 atom stereocenters. The molecule has 1 aromatic rings. The molecule has 1 aromatic heterocycles. The van der Waals surface area contributed by atoms with Crippen LogP contribution >= 0.6 is 11.5 Å². The van der Waals surface area contributed by atoms with Gasteiger partial charge in [0.25, 0.3) is 0 Å². The van der Waals surface area contributed by atoms with E-state index in [9.17, 15) is 0 Å². The minimum Gasteiger partial charge on any atom is -0.358 e. The van der Waals surface area contributed by atoms with Crippen molar-refractivity contribution in [3.8, 4) is 0 Å². The van der Waals surface area contributed by atoms with Gasteiger partial charge >= 0.3 is 0 Å². The first-order chi connectivity index (χ1) is 7.23. The molecule has 15 heavy (non-hydrogen) atoms. The smallest absolute Gasteiger partial charge is 0.202 e. The van der Waals surface area contributed by atoms with Gasteiger partial charge in [-0.1, -0.05) is 12.8 Å². The van der Waals surface area contributed by atoms with E-state index >= 15 is 0 Å². The molecule has 1 fully saturated rings. The van der Waals surface area contributed by atoms with Gasteiger partial charge in [-0.2, -0.15) is 4.37 Å².